The summed E-state index contributed by atoms with van der Waals surface area (Å²) in [6, 6.07) is 2.05. The van der Waals surface area contributed by atoms with Crippen molar-refractivity contribution in [1.29, 1.82) is 0 Å². The van der Waals surface area contributed by atoms with Gasteiger partial charge in [-0.2, -0.15) is 5.10 Å². The zero-order valence-electron chi connectivity index (χ0n) is 9.17. The molecule has 3 rings (SSSR count). The van der Waals surface area contributed by atoms with Crippen LogP contribution >= 0.6 is 11.6 Å². The Morgan fingerprint density at radius 1 is 1.47 bits per heavy atom. The van der Waals surface area contributed by atoms with Gasteiger partial charge >= 0.3 is 0 Å². The van der Waals surface area contributed by atoms with E-state index in [1.807, 2.05) is 10.7 Å². The van der Waals surface area contributed by atoms with Crippen LogP contribution in [0.2, 0.25) is 5.02 Å². The van der Waals surface area contributed by atoms with Gasteiger partial charge in [-0.25, -0.2) is 9.67 Å². The van der Waals surface area contributed by atoms with Gasteiger partial charge in [0.1, 0.15) is 12.2 Å². The minimum absolute atomic E-state index is 0.172. The zero-order valence-corrected chi connectivity index (χ0v) is 9.93. The maximum atomic E-state index is 6.08. The van der Waals surface area contributed by atoms with Gasteiger partial charge in [0.15, 0.2) is 0 Å². The average Bonchev–Trinajstić information content (AvgIpc) is 2.81. The van der Waals surface area contributed by atoms with Crippen LogP contribution in [0.5, 0.6) is 0 Å². The monoisotopic (exact) mass is 249 g/mol. The summed E-state index contributed by atoms with van der Waals surface area (Å²) in [4.78, 5) is 8.26. The molecule has 1 atom stereocenters. The van der Waals surface area contributed by atoms with Gasteiger partial charge in [-0.15, -0.1) is 0 Å². The smallest absolute Gasteiger partial charge is 0.149 e. The molecule has 0 amide bonds. The SMILES string of the molecule is Clc1cnccc1NC1CCCn2ncnc21. The third-order valence-electron chi connectivity index (χ3n) is 2.92. The number of aryl methyl sites for hydroxylation is 1. The van der Waals surface area contributed by atoms with E-state index >= 15 is 0 Å². The molecule has 0 bridgehead atoms. The maximum Gasteiger partial charge on any atom is 0.149 e. The van der Waals surface area contributed by atoms with Crippen LogP contribution in [0.3, 0.4) is 0 Å². The molecule has 6 heteroatoms. The second kappa shape index (κ2) is 4.33. The first-order valence-corrected chi connectivity index (χ1v) is 5.96. The van der Waals surface area contributed by atoms with Crippen LogP contribution in [0.1, 0.15) is 24.7 Å². The van der Waals surface area contributed by atoms with E-state index in [4.69, 9.17) is 11.6 Å². The van der Waals surface area contributed by atoms with Crippen molar-refractivity contribution in [3.63, 3.8) is 0 Å². The highest BCUT2D eigenvalue weighted by atomic mass is 35.5. The summed E-state index contributed by atoms with van der Waals surface area (Å²) in [6.07, 6.45) is 7.09. The van der Waals surface area contributed by atoms with Crippen molar-refractivity contribution in [1.82, 2.24) is 19.7 Å². The zero-order chi connectivity index (χ0) is 11.7. The second-order valence-electron chi connectivity index (χ2n) is 4.04. The van der Waals surface area contributed by atoms with Crippen molar-refractivity contribution in [3.8, 4) is 0 Å². The summed E-state index contributed by atoms with van der Waals surface area (Å²) in [7, 11) is 0. The molecule has 0 fully saturated rings. The third-order valence-corrected chi connectivity index (χ3v) is 3.22. The third kappa shape index (κ3) is 1.98. The highest BCUT2D eigenvalue weighted by Gasteiger charge is 2.22. The Hall–Kier alpha value is -1.62. The highest BCUT2D eigenvalue weighted by Crippen LogP contribution is 2.29. The van der Waals surface area contributed by atoms with Crippen molar-refractivity contribution >= 4 is 17.3 Å². The molecule has 1 aliphatic heterocycles. The van der Waals surface area contributed by atoms with E-state index in [2.05, 4.69) is 20.4 Å². The van der Waals surface area contributed by atoms with Crippen molar-refractivity contribution in [2.45, 2.75) is 25.4 Å². The Labute approximate surface area is 104 Å². The lowest BCUT2D eigenvalue weighted by molar-refractivity contribution is 0.438. The molecular weight excluding hydrogens is 238 g/mol. The number of fused-ring (bicyclic) bond motifs is 1. The second-order valence-corrected chi connectivity index (χ2v) is 4.44. The van der Waals surface area contributed by atoms with E-state index in [1.54, 1.807) is 18.7 Å². The van der Waals surface area contributed by atoms with Crippen LogP contribution < -0.4 is 5.32 Å². The fraction of sp³-hybridized carbons (Fsp3) is 0.364. The van der Waals surface area contributed by atoms with Crippen LogP contribution in [-0.4, -0.2) is 19.7 Å². The van der Waals surface area contributed by atoms with Crippen LogP contribution in [0.25, 0.3) is 0 Å². The lowest BCUT2D eigenvalue weighted by atomic mass is 10.1. The van der Waals surface area contributed by atoms with Crippen molar-refractivity contribution in [2.75, 3.05) is 5.32 Å². The van der Waals surface area contributed by atoms with Crippen LogP contribution in [-0.2, 0) is 6.54 Å². The number of nitrogens with one attached hydrogen (secondary N) is 1. The van der Waals surface area contributed by atoms with Crippen molar-refractivity contribution in [3.05, 3.63) is 35.6 Å². The van der Waals surface area contributed by atoms with Crippen LogP contribution in [0, 0.1) is 0 Å². The molecule has 1 N–H and O–H groups in total. The summed E-state index contributed by atoms with van der Waals surface area (Å²) in [5.74, 6) is 0.976. The minimum atomic E-state index is 0.172. The molecule has 5 nitrogen and oxygen atoms in total. The highest BCUT2D eigenvalue weighted by molar-refractivity contribution is 6.33. The largest absolute Gasteiger partial charge is 0.374 e. The molecule has 2 aromatic rings. The lowest BCUT2D eigenvalue weighted by Crippen LogP contribution is -2.22. The number of hydrogen-bond acceptors (Lipinski definition) is 4. The van der Waals surface area contributed by atoms with E-state index in [-0.39, 0.29) is 6.04 Å². The Morgan fingerprint density at radius 2 is 2.41 bits per heavy atom. The first-order chi connectivity index (χ1) is 8.34. The molecule has 0 aliphatic carbocycles. The van der Waals surface area contributed by atoms with Gasteiger partial charge in [0, 0.05) is 18.9 Å². The predicted molar refractivity (Wildman–Crippen MR) is 64.9 cm³/mol. The number of halogens is 1. The summed E-state index contributed by atoms with van der Waals surface area (Å²) in [5, 5.41) is 8.22. The van der Waals surface area contributed by atoms with Gasteiger partial charge < -0.3 is 5.32 Å². The van der Waals surface area contributed by atoms with E-state index < -0.39 is 0 Å². The van der Waals surface area contributed by atoms with Crippen LogP contribution in [0.15, 0.2) is 24.8 Å². The molecule has 0 aromatic carbocycles. The fourth-order valence-corrected chi connectivity index (χ4v) is 2.28. The Kier molecular flexibility index (Phi) is 2.68. The number of aromatic nitrogens is 4. The molecule has 0 spiro atoms. The first-order valence-electron chi connectivity index (χ1n) is 5.58. The number of anilines is 1. The van der Waals surface area contributed by atoms with E-state index in [1.165, 1.54) is 0 Å². The molecule has 88 valence electrons. The summed E-state index contributed by atoms with van der Waals surface area (Å²) in [5.41, 5.74) is 0.892. The van der Waals surface area contributed by atoms with E-state index in [0.717, 1.165) is 30.9 Å². The molecule has 0 saturated carbocycles. The van der Waals surface area contributed by atoms with Crippen molar-refractivity contribution in [2.24, 2.45) is 0 Å². The average molecular weight is 250 g/mol. The van der Waals surface area contributed by atoms with Gasteiger partial charge in [0.2, 0.25) is 0 Å². The molecule has 1 aliphatic rings. The standard InChI is InChI=1S/C11H12ClN5/c12-8-6-13-4-3-9(8)16-10-2-1-5-17-11(10)14-7-15-17/h3-4,6-7,10H,1-2,5H2,(H,13,16). The molecule has 17 heavy (non-hydrogen) atoms. The molecule has 3 heterocycles. The first kappa shape index (κ1) is 10.5. The normalized spacial score (nSPS) is 18.8. The van der Waals surface area contributed by atoms with Gasteiger partial charge in [-0.3, -0.25) is 4.98 Å². The number of hydrogen-bond donors (Lipinski definition) is 1. The molecule has 2 aromatic heterocycles. The summed E-state index contributed by atoms with van der Waals surface area (Å²) in [6.45, 7) is 0.942. The maximum absolute atomic E-state index is 6.08. The quantitative estimate of drug-likeness (QED) is 0.887. The topological polar surface area (TPSA) is 55.6 Å². The lowest BCUT2D eigenvalue weighted by Gasteiger charge is -2.24. The van der Waals surface area contributed by atoms with Crippen molar-refractivity contribution < 1.29 is 0 Å². The predicted octanol–water partition coefficient (Wildman–Crippen LogP) is 2.27. The van der Waals surface area contributed by atoms with Gasteiger partial charge in [0.05, 0.1) is 16.8 Å². The number of nitrogens with zero attached hydrogens (tertiary/aromatic N) is 4. The Bertz CT molecular complexity index is 524. The molecule has 0 saturated heterocycles. The number of rotatable bonds is 2. The van der Waals surface area contributed by atoms with Gasteiger partial charge in [-0.05, 0) is 18.9 Å². The summed E-state index contributed by atoms with van der Waals surface area (Å²) >= 11 is 6.08. The van der Waals surface area contributed by atoms with Gasteiger partial charge in [0.25, 0.3) is 0 Å². The van der Waals surface area contributed by atoms with Gasteiger partial charge in [-0.1, -0.05) is 11.6 Å². The molecule has 0 radical (unpaired) electrons. The number of pyridine rings is 1. The minimum Gasteiger partial charge on any atom is -0.374 e. The van der Waals surface area contributed by atoms with Crippen LogP contribution in [0.4, 0.5) is 5.69 Å². The fourth-order valence-electron chi connectivity index (χ4n) is 2.11. The van der Waals surface area contributed by atoms with E-state index in [9.17, 15) is 0 Å². The Morgan fingerprint density at radius 3 is 3.29 bits per heavy atom. The Balaban J connectivity index is 1.86. The van der Waals surface area contributed by atoms with E-state index in [0.29, 0.717) is 5.02 Å². The molecular formula is C11H12ClN5. The summed E-state index contributed by atoms with van der Waals surface area (Å²) < 4.78 is 1.94. The molecule has 1 unspecified atom stereocenters.